The second kappa shape index (κ2) is 2.71. The third-order valence-electron chi connectivity index (χ3n) is 2.99. The Balaban J connectivity index is 2.01. The van der Waals surface area contributed by atoms with Gasteiger partial charge in [0.05, 0.1) is 0 Å². The largest absolute Gasteiger partial charge is 0.303 e. The first-order valence-corrected chi connectivity index (χ1v) is 4.72. The van der Waals surface area contributed by atoms with Crippen LogP contribution in [0.1, 0.15) is 12.8 Å². The first kappa shape index (κ1) is 6.93. The molecule has 3 saturated heterocycles. The minimum Gasteiger partial charge on any atom is -0.303 e. The summed E-state index contributed by atoms with van der Waals surface area (Å²) in [4.78, 5) is 2.55. The Labute approximate surface area is 67.3 Å². The number of hydrogen-bond donors (Lipinski definition) is 0. The van der Waals surface area contributed by atoms with Crippen molar-refractivity contribution in [2.24, 2.45) is 11.8 Å². The highest BCUT2D eigenvalue weighted by Crippen LogP contribution is 2.32. The number of piperidine rings is 3. The lowest BCUT2D eigenvalue weighted by Crippen LogP contribution is -2.47. The van der Waals surface area contributed by atoms with Gasteiger partial charge in [-0.3, -0.25) is 0 Å². The van der Waals surface area contributed by atoms with E-state index in [1.54, 1.807) is 0 Å². The van der Waals surface area contributed by atoms with Gasteiger partial charge in [-0.2, -0.15) is 0 Å². The van der Waals surface area contributed by atoms with Gasteiger partial charge in [-0.15, -0.1) is 11.6 Å². The smallest absolute Gasteiger partial charge is 0.0266 e. The van der Waals surface area contributed by atoms with Gasteiger partial charge in [0.25, 0.3) is 0 Å². The summed E-state index contributed by atoms with van der Waals surface area (Å²) >= 11 is 5.85. The normalized spacial score (nSPS) is 45.9. The fourth-order valence-corrected chi connectivity index (χ4v) is 2.61. The van der Waals surface area contributed by atoms with Crippen molar-refractivity contribution in [3.63, 3.8) is 0 Å². The fourth-order valence-electron chi connectivity index (χ4n) is 2.26. The summed E-state index contributed by atoms with van der Waals surface area (Å²) in [5, 5.41) is 0. The molecule has 0 N–H and O–H groups in total. The Hall–Kier alpha value is 0.250. The summed E-state index contributed by atoms with van der Waals surface area (Å²) in [5.41, 5.74) is 0. The van der Waals surface area contributed by atoms with Crippen molar-refractivity contribution >= 4 is 11.6 Å². The molecule has 3 fully saturated rings. The van der Waals surface area contributed by atoms with E-state index in [1.165, 1.54) is 32.5 Å². The van der Waals surface area contributed by atoms with Crippen LogP contribution >= 0.6 is 11.6 Å². The monoisotopic (exact) mass is 159 g/mol. The SMILES string of the molecule is ClC[C@@H]1CN2CCC1CC2. The van der Waals surface area contributed by atoms with Crippen LogP contribution in [0.3, 0.4) is 0 Å². The predicted octanol–water partition coefficient (Wildman–Crippen LogP) is 1.57. The van der Waals surface area contributed by atoms with Gasteiger partial charge in [0.15, 0.2) is 0 Å². The number of rotatable bonds is 1. The second-order valence-corrected chi connectivity index (χ2v) is 3.86. The molecule has 0 saturated carbocycles. The molecule has 3 rings (SSSR count). The van der Waals surface area contributed by atoms with Gasteiger partial charge >= 0.3 is 0 Å². The van der Waals surface area contributed by atoms with Gasteiger partial charge in [0, 0.05) is 12.4 Å². The molecule has 0 aromatic rings. The number of alkyl halides is 1. The zero-order valence-corrected chi connectivity index (χ0v) is 6.98. The summed E-state index contributed by atoms with van der Waals surface area (Å²) in [6.07, 6.45) is 2.80. The molecule has 0 amide bonds. The Morgan fingerprint density at radius 2 is 2.00 bits per heavy atom. The summed E-state index contributed by atoms with van der Waals surface area (Å²) in [5.74, 6) is 2.65. The highest BCUT2D eigenvalue weighted by Gasteiger charge is 2.32. The van der Waals surface area contributed by atoms with E-state index >= 15 is 0 Å². The van der Waals surface area contributed by atoms with Crippen molar-refractivity contribution < 1.29 is 0 Å². The molecule has 3 heterocycles. The fraction of sp³-hybridized carbons (Fsp3) is 1.00. The van der Waals surface area contributed by atoms with E-state index in [1.807, 2.05) is 0 Å². The average Bonchev–Trinajstić information content (AvgIpc) is 2.06. The lowest BCUT2D eigenvalue weighted by atomic mass is 9.80. The van der Waals surface area contributed by atoms with E-state index in [4.69, 9.17) is 11.6 Å². The summed E-state index contributed by atoms with van der Waals surface area (Å²) < 4.78 is 0. The van der Waals surface area contributed by atoms with Crippen molar-refractivity contribution in [2.45, 2.75) is 12.8 Å². The van der Waals surface area contributed by atoms with Crippen molar-refractivity contribution in [2.75, 3.05) is 25.5 Å². The lowest BCUT2D eigenvalue weighted by molar-refractivity contribution is 0.0620. The third kappa shape index (κ3) is 1.06. The molecule has 0 radical (unpaired) electrons. The van der Waals surface area contributed by atoms with Crippen LogP contribution in [-0.4, -0.2) is 30.4 Å². The van der Waals surface area contributed by atoms with Crippen molar-refractivity contribution in [3.8, 4) is 0 Å². The summed E-state index contributed by atoms with van der Waals surface area (Å²) in [6, 6.07) is 0. The zero-order chi connectivity index (χ0) is 6.97. The molecule has 58 valence electrons. The van der Waals surface area contributed by atoms with Gasteiger partial charge in [-0.25, -0.2) is 0 Å². The maximum atomic E-state index is 5.85. The van der Waals surface area contributed by atoms with E-state index in [-0.39, 0.29) is 0 Å². The number of fused-ring (bicyclic) bond motifs is 3. The van der Waals surface area contributed by atoms with Crippen LogP contribution in [0.2, 0.25) is 0 Å². The molecule has 0 unspecified atom stereocenters. The minimum absolute atomic E-state index is 0.809. The van der Waals surface area contributed by atoms with E-state index in [0.717, 1.165) is 17.7 Å². The van der Waals surface area contributed by atoms with E-state index in [2.05, 4.69) is 4.90 Å². The first-order chi connectivity index (χ1) is 4.90. The molecule has 2 heteroatoms. The predicted molar refractivity (Wildman–Crippen MR) is 43.4 cm³/mol. The van der Waals surface area contributed by atoms with Crippen LogP contribution in [0.15, 0.2) is 0 Å². The summed E-state index contributed by atoms with van der Waals surface area (Å²) in [6.45, 7) is 3.93. The van der Waals surface area contributed by atoms with Crippen molar-refractivity contribution in [1.82, 2.24) is 4.90 Å². The van der Waals surface area contributed by atoms with E-state index in [9.17, 15) is 0 Å². The Morgan fingerprint density at radius 3 is 2.30 bits per heavy atom. The third-order valence-corrected chi connectivity index (χ3v) is 3.39. The van der Waals surface area contributed by atoms with Gasteiger partial charge in [-0.1, -0.05) is 0 Å². The van der Waals surface area contributed by atoms with Crippen LogP contribution in [-0.2, 0) is 0 Å². The van der Waals surface area contributed by atoms with Crippen LogP contribution in [0, 0.1) is 11.8 Å². The van der Waals surface area contributed by atoms with Crippen molar-refractivity contribution in [1.29, 1.82) is 0 Å². The van der Waals surface area contributed by atoms with Crippen LogP contribution in [0.4, 0.5) is 0 Å². The topological polar surface area (TPSA) is 3.24 Å². The molecule has 10 heavy (non-hydrogen) atoms. The Morgan fingerprint density at radius 1 is 1.30 bits per heavy atom. The second-order valence-electron chi connectivity index (χ2n) is 3.55. The summed E-state index contributed by atoms with van der Waals surface area (Å²) in [7, 11) is 0. The number of halogens is 1. The maximum absolute atomic E-state index is 5.85. The number of nitrogens with zero attached hydrogens (tertiary/aromatic N) is 1. The highest BCUT2D eigenvalue weighted by molar-refractivity contribution is 6.18. The highest BCUT2D eigenvalue weighted by atomic mass is 35.5. The van der Waals surface area contributed by atoms with Gasteiger partial charge in [0.1, 0.15) is 0 Å². The minimum atomic E-state index is 0.809. The molecule has 0 aromatic carbocycles. The van der Waals surface area contributed by atoms with Crippen LogP contribution in [0.25, 0.3) is 0 Å². The lowest BCUT2D eigenvalue weighted by Gasteiger charge is -2.44. The molecule has 1 nitrogen and oxygen atoms in total. The van der Waals surface area contributed by atoms with Crippen LogP contribution in [0.5, 0.6) is 0 Å². The Bertz CT molecular complexity index is 118. The maximum Gasteiger partial charge on any atom is 0.0266 e. The van der Waals surface area contributed by atoms with Gasteiger partial charge in [0.2, 0.25) is 0 Å². The molecule has 3 aliphatic heterocycles. The molecular weight excluding hydrogens is 146 g/mol. The van der Waals surface area contributed by atoms with Crippen LogP contribution < -0.4 is 0 Å². The molecular formula is C8H14ClN. The molecule has 0 aromatic heterocycles. The molecule has 3 aliphatic rings. The molecule has 2 bridgehead atoms. The zero-order valence-electron chi connectivity index (χ0n) is 6.22. The standard InChI is InChI=1S/C8H14ClN/c9-5-8-6-10-3-1-7(8)2-4-10/h7-8H,1-6H2/t8-/m1/s1. The van der Waals surface area contributed by atoms with E-state index in [0.29, 0.717) is 0 Å². The number of hydrogen-bond acceptors (Lipinski definition) is 1. The molecule has 0 aliphatic carbocycles. The molecule has 1 atom stereocenters. The quantitative estimate of drug-likeness (QED) is 0.525. The van der Waals surface area contributed by atoms with E-state index < -0.39 is 0 Å². The Kier molecular flexibility index (Phi) is 1.88. The first-order valence-electron chi connectivity index (χ1n) is 4.18. The van der Waals surface area contributed by atoms with Crippen molar-refractivity contribution in [3.05, 3.63) is 0 Å². The molecule has 0 spiro atoms. The van der Waals surface area contributed by atoms with Gasteiger partial charge in [-0.05, 0) is 37.8 Å². The van der Waals surface area contributed by atoms with Gasteiger partial charge < -0.3 is 4.90 Å². The average molecular weight is 160 g/mol.